The normalized spacial score (nSPS) is 34.2. The van der Waals surface area contributed by atoms with Crippen LogP contribution in [0.15, 0.2) is 0 Å². The Hall–Kier alpha value is -0.0800. The largest absolute Gasteiger partial charge is 0.377 e. The fourth-order valence-corrected chi connectivity index (χ4v) is 1.40. The Morgan fingerprint density at radius 1 is 1.60 bits per heavy atom. The Morgan fingerprint density at radius 2 is 2.40 bits per heavy atom. The summed E-state index contributed by atoms with van der Waals surface area (Å²) < 4.78 is 5.53. The first-order chi connectivity index (χ1) is 4.84. The lowest BCUT2D eigenvalue weighted by molar-refractivity contribution is 0.0114. The smallest absolute Gasteiger partial charge is 0.0725 e. The predicted molar refractivity (Wildman–Crippen MR) is 42.1 cm³/mol. The lowest BCUT2D eigenvalue weighted by Crippen LogP contribution is -2.40. The summed E-state index contributed by atoms with van der Waals surface area (Å²) in [5, 5.41) is 3.33. The van der Waals surface area contributed by atoms with Crippen LogP contribution in [0.3, 0.4) is 0 Å². The van der Waals surface area contributed by atoms with E-state index in [9.17, 15) is 0 Å². The third-order valence-corrected chi connectivity index (χ3v) is 2.14. The molecule has 2 heteroatoms. The van der Waals surface area contributed by atoms with Gasteiger partial charge in [0.1, 0.15) is 0 Å². The Bertz CT molecular complexity index is 93.3. The maximum atomic E-state index is 5.53. The van der Waals surface area contributed by atoms with Crippen molar-refractivity contribution in [1.82, 2.24) is 5.32 Å². The molecule has 1 heterocycles. The van der Waals surface area contributed by atoms with Crippen LogP contribution in [0.4, 0.5) is 0 Å². The van der Waals surface area contributed by atoms with Gasteiger partial charge < -0.3 is 10.1 Å². The molecule has 0 spiro atoms. The molecule has 1 aliphatic heterocycles. The van der Waals surface area contributed by atoms with E-state index in [4.69, 9.17) is 4.74 Å². The summed E-state index contributed by atoms with van der Waals surface area (Å²) in [5.41, 5.74) is 0. The summed E-state index contributed by atoms with van der Waals surface area (Å²) in [4.78, 5) is 0. The predicted octanol–water partition coefficient (Wildman–Crippen LogP) is 1.02. The summed E-state index contributed by atoms with van der Waals surface area (Å²) in [6.45, 7) is 7.36. The highest BCUT2D eigenvalue weighted by Gasteiger charge is 2.20. The molecule has 60 valence electrons. The fraction of sp³-hybridized carbons (Fsp3) is 1.00. The van der Waals surface area contributed by atoms with Crippen LogP contribution in [0, 0.1) is 5.92 Å². The standard InChI is InChI=1S/C8H17NO/c1-3-10-8-6-9-5-4-7(8)2/h7-9H,3-6H2,1-2H3. The van der Waals surface area contributed by atoms with Gasteiger partial charge in [0.2, 0.25) is 0 Å². The van der Waals surface area contributed by atoms with Gasteiger partial charge in [0.25, 0.3) is 0 Å². The van der Waals surface area contributed by atoms with Crippen molar-refractivity contribution >= 4 is 0 Å². The van der Waals surface area contributed by atoms with Crippen molar-refractivity contribution in [2.24, 2.45) is 5.92 Å². The first-order valence-electron chi connectivity index (χ1n) is 4.17. The van der Waals surface area contributed by atoms with Crippen LogP contribution in [-0.4, -0.2) is 25.8 Å². The summed E-state index contributed by atoms with van der Waals surface area (Å²) in [7, 11) is 0. The van der Waals surface area contributed by atoms with Gasteiger partial charge in [-0.1, -0.05) is 6.92 Å². The van der Waals surface area contributed by atoms with Gasteiger partial charge in [-0.2, -0.15) is 0 Å². The van der Waals surface area contributed by atoms with Crippen LogP contribution < -0.4 is 5.32 Å². The minimum atomic E-state index is 0.457. The van der Waals surface area contributed by atoms with E-state index in [2.05, 4.69) is 19.2 Å². The molecule has 0 radical (unpaired) electrons. The lowest BCUT2D eigenvalue weighted by atomic mass is 9.97. The molecule has 10 heavy (non-hydrogen) atoms. The number of nitrogens with one attached hydrogen (secondary N) is 1. The van der Waals surface area contributed by atoms with E-state index >= 15 is 0 Å². The second-order valence-electron chi connectivity index (χ2n) is 2.96. The number of hydrogen-bond acceptors (Lipinski definition) is 2. The third kappa shape index (κ3) is 1.96. The molecule has 2 atom stereocenters. The highest BCUT2D eigenvalue weighted by atomic mass is 16.5. The molecular weight excluding hydrogens is 126 g/mol. The highest BCUT2D eigenvalue weighted by Crippen LogP contribution is 2.13. The van der Waals surface area contributed by atoms with Crippen molar-refractivity contribution in [3.8, 4) is 0 Å². The van der Waals surface area contributed by atoms with E-state index in [1.807, 2.05) is 0 Å². The molecule has 0 amide bonds. The molecular formula is C8H17NO. The molecule has 0 aliphatic carbocycles. The van der Waals surface area contributed by atoms with Crippen molar-refractivity contribution in [2.45, 2.75) is 26.4 Å². The fourth-order valence-electron chi connectivity index (χ4n) is 1.40. The van der Waals surface area contributed by atoms with Crippen LogP contribution in [0.5, 0.6) is 0 Å². The van der Waals surface area contributed by atoms with Gasteiger partial charge in [-0.15, -0.1) is 0 Å². The summed E-state index contributed by atoms with van der Waals surface area (Å²) >= 11 is 0. The van der Waals surface area contributed by atoms with Gasteiger partial charge in [-0.25, -0.2) is 0 Å². The Labute approximate surface area is 63.0 Å². The van der Waals surface area contributed by atoms with Crippen molar-refractivity contribution < 1.29 is 4.74 Å². The average Bonchev–Trinajstić information content (AvgIpc) is 1.94. The maximum Gasteiger partial charge on any atom is 0.0725 e. The number of hydrogen-bond donors (Lipinski definition) is 1. The van der Waals surface area contributed by atoms with E-state index in [0.717, 1.165) is 25.6 Å². The second kappa shape index (κ2) is 3.94. The molecule has 2 nitrogen and oxygen atoms in total. The van der Waals surface area contributed by atoms with Gasteiger partial charge in [0.15, 0.2) is 0 Å². The summed E-state index contributed by atoms with van der Waals surface area (Å²) in [6.07, 6.45) is 1.71. The van der Waals surface area contributed by atoms with Gasteiger partial charge in [-0.05, 0) is 25.8 Å². The van der Waals surface area contributed by atoms with Crippen LogP contribution in [0.25, 0.3) is 0 Å². The van der Waals surface area contributed by atoms with Crippen LogP contribution in [0.2, 0.25) is 0 Å². The van der Waals surface area contributed by atoms with Gasteiger partial charge in [-0.3, -0.25) is 0 Å². The molecule has 0 bridgehead atoms. The number of piperidine rings is 1. The first kappa shape index (κ1) is 8.02. The Kier molecular flexibility index (Phi) is 3.16. The molecule has 1 fully saturated rings. The SMILES string of the molecule is CCOC1CNCCC1C. The third-order valence-electron chi connectivity index (χ3n) is 2.14. The molecule has 1 N–H and O–H groups in total. The molecule has 0 saturated carbocycles. The topological polar surface area (TPSA) is 21.3 Å². The van der Waals surface area contributed by atoms with Crippen LogP contribution >= 0.6 is 0 Å². The number of rotatable bonds is 2. The van der Waals surface area contributed by atoms with E-state index in [1.165, 1.54) is 6.42 Å². The maximum absolute atomic E-state index is 5.53. The Balaban J connectivity index is 2.25. The molecule has 0 aromatic rings. The average molecular weight is 143 g/mol. The van der Waals surface area contributed by atoms with E-state index in [-0.39, 0.29) is 0 Å². The molecule has 1 saturated heterocycles. The van der Waals surface area contributed by atoms with Crippen LogP contribution in [0.1, 0.15) is 20.3 Å². The zero-order chi connectivity index (χ0) is 7.40. The van der Waals surface area contributed by atoms with Gasteiger partial charge >= 0.3 is 0 Å². The van der Waals surface area contributed by atoms with Crippen LogP contribution in [-0.2, 0) is 4.74 Å². The van der Waals surface area contributed by atoms with Crippen molar-refractivity contribution in [3.05, 3.63) is 0 Å². The van der Waals surface area contributed by atoms with Gasteiger partial charge in [0.05, 0.1) is 6.10 Å². The minimum Gasteiger partial charge on any atom is -0.377 e. The van der Waals surface area contributed by atoms with E-state index in [0.29, 0.717) is 6.10 Å². The zero-order valence-corrected chi connectivity index (χ0v) is 6.89. The molecule has 0 aromatic heterocycles. The van der Waals surface area contributed by atoms with Crippen molar-refractivity contribution in [2.75, 3.05) is 19.7 Å². The molecule has 1 rings (SSSR count). The van der Waals surface area contributed by atoms with Crippen molar-refractivity contribution in [1.29, 1.82) is 0 Å². The summed E-state index contributed by atoms with van der Waals surface area (Å²) in [5.74, 6) is 0.737. The highest BCUT2D eigenvalue weighted by molar-refractivity contribution is 4.75. The minimum absolute atomic E-state index is 0.457. The monoisotopic (exact) mass is 143 g/mol. The number of ether oxygens (including phenoxy) is 1. The first-order valence-corrected chi connectivity index (χ1v) is 4.17. The van der Waals surface area contributed by atoms with E-state index in [1.54, 1.807) is 0 Å². The zero-order valence-electron chi connectivity index (χ0n) is 6.89. The summed E-state index contributed by atoms with van der Waals surface area (Å²) in [6, 6.07) is 0. The second-order valence-corrected chi connectivity index (χ2v) is 2.96. The molecule has 1 aliphatic rings. The van der Waals surface area contributed by atoms with Gasteiger partial charge in [0, 0.05) is 13.2 Å². The Morgan fingerprint density at radius 3 is 3.00 bits per heavy atom. The van der Waals surface area contributed by atoms with Crippen molar-refractivity contribution in [3.63, 3.8) is 0 Å². The quantitative estimate of drug-likeness (QED) is 0.623. The lowest BCUT2D eigenvalue weighted by Gasteiger charge is -2.28. The molecule has 2 unspecified atom stereocenters. The molecule has 0 aromatic carbocycles. The van der Waals surface area contributed by atoms with E-state index < -0.39 is 0 Å².